The van der Waals surface area contributed by atoms with Gasteiger partial charge in [-0.15, -0.1) is 0 Å². The largest absolute Gasteiger partial charge is 0.462 e. The average molecular weight is 903 g/mol. The number of rotatable bonds is 47. The van der Waals surface area contributed by atoms with Crippen molar-refractivity contribution in [2.45, 2.75) is 245 Å². The van der Waals surface area contributed by atoms with Crippen molar-refractivity contribution in [3.8, 4) is 0 Å². The lowest BCUT2D eigenvalue weighted by molar-refractivity contribution is -0.167. The van der Waals surface area contributed by atoms with Gasteiger partial charge in [-0.25, -0.2) is 0 Å². The van der Waals surface area contributed by atoms with Crippen molar-refractivity contribution in [2.24, 2.45) is 0 Å². The Kier molecular flexibility index (Phi) is 50.0. The molecular formula is C59H98O6. The van der Waals surface area contributed by atoms with Crippen LogP contribution in [0.4, 0.5) is 0 Å². The monoisotopic (exact) mass is 903 g/mol. The van der Waals surface area contributed by atoms with Crippen molar-refractivity contribution in [1.29, 1.82) is 0 Å². The number of ether oxygens (including phenoxy) is 3. The first-order chi connectivity index (χ1) is 32.0. The fraction of sp³-hybridized carbons (Fsp3) is 0.678. The normalized spacial score (nSPS) is 12.8. The summed E-state index contributed by atoms with van der Waals surface area (Å²) in [6, 6.07) is 0. The molecule has 1 unspecified atom stereocenters. The van der Waals surface area contributed by atoms with Crippen molar-refractivity contribution >= 4 is 17.9 Å². The van der Waals surface area contributed by atoms with Gasteiger partial charge in [-0.3, -0.25) is 14.4 Å². The van der Waals surface area contributed by atoms with Crippen LogP contribution < -0.4 is 0 Å². The third kappa shape index (κ3) is 51.2. The maximum absolute atomic E-state index is 12.8. The van der Waals surface area contributed by atoms with E-state index in [-0.39, 0.29) is 37.5 Å². The molecule has 370 valence electrons. The van der Waals surface area contributed by atoms with E-state index in [1.165, 1.54) is 96.3 Å². The average Bonchev–Trinajstić information content (AvgIpc) is 3.30. The van der Waals surface area contributed by atoms with Crippen LogP contribution in [0.5, 0.6) is 0 Å². The second-order valence-electron chi connectivity index (χ2n) is 17.5. The predicted molar refractivity (Wildman–Crippen MR) is 279 cm³/mol. The minimum absolute atomic E-state index is 0.110. The molecule has 65 heavy (non-hydrogen) atoms. The van der Waals surface area contributed by atoms with Crippen molar-refractivity contribution < 1.29 is 28.6 Å². The highest BCUT2D eigenvalue weighted by Gasteiger charge is 2.19. The van der Waals surface area contributed by atoms with Gasteiger partial charge in [0, 0.05) is 19.3 Å². The van der Waals surface area contributed by atoms with Gasteiger partial charge >= 0.3 is 17.9 Å². The lowest BCUT2D eigenvalue weighted by Crippen LogP contribution is -2.30. The molecule has 1 atom stereocenters. The molecule has 0 spiro atoms. The van der Waals surface area contributed by atoms with Crippen LogP contribution in [0.2, 0.25) is 0 Å². The Hall–Kier alpha value is -3.67. The zero-order valence-corrected chi connectivity index (χ0v) is 42.2. The van der Waals surface area contributed by atoms with Crippen LogP contribution in [0, 0.1) is 0 Å². The summed E-state index contributed by atoms with van der Waals surface area (Å²) in [5.41, 5.74) is 0. The number of hydrogen-bond acceptors (Lipinski definition) is 6. The van der Waals surface area contributed by atoms with E-state index in [0.29, 0.717) is 12.8 Å². The van der Waals surface area contributed by atoms with Crippen molar-refractivity contribution in [3.63, 3.8) is 0 Å². The van der Waals surface area contributed by atoms with E-state index in [0.717, 1.165) is 103 Å². The molecule has 0 fully saturated rings. The molecule has 0 rings (SSSR count). The molecule has 0 N–H and O–H groups in total. The number of unbranched alkanes of at least 4 members (excludes halogenated alkanes) is 25. The van der Waals surface area contributed by atoms with Gasteiger partial charge in [-0.05, 0) is 89.9 Å². The summed E-state index contributed by atoms with van der Waals surface area (Å²) in [6.07, 6.45) is 69.7. The van der Waals surface area contributed by atoms with E-state index in [4.69, 9.17) is 14.2 Å². The molecule has 0 aliphatic rings. The first-order valence-electron chi connectivity index (χ1n) is 26.8. The lowest BCUT2D eigenvalue weighted by Gasteiger charge is -2.18. The molecule has 0 saturated carbocycles. The summed E-state index contributed by atoms with van der Waals surface area (Å²) in [6.45, 7) is 6.41. The highest BCUT2D eigenvalue weighted by molar-refractivity contribution is 5.71. The molecule has 6 nitrogen and oxygen atoms in total. The number of esters is 3. The van der Waals surface area contributed by atoms with Gasteiger partial charge in [-0.2, -0.15) is 0 Å². The molecule has 0 radical (unpaired) electrons. The van der Waals surface area contributed by atoms with Crippen LogP contribution in [-0.2, 0) is 28.6 Å². The van der Waals surface area contributed by atoms with Crippen LogP contribution in [0.1, 0.15) is 239 Å². The van der Waals surface area contributed by atoms with Crippen LogP contribution in [0.15, 0.2) is 97.2 Å². The summed E-state index contributed by atoms with van der Waals surface area (Å²) in [4.78, 5) is 38.0. The molecule has 0 heterocycles. The van der Waals surface area contributed by atoms with Crippen LogP contribution in [-0.4, -0.2) is 37.2 Å². The van der Waals surface area contributed by atoms with E-state index in [1.807, 2.05) is 36.5 Å². The first kappa shape index (κ1) is 61.3. The van der Waals surface area contributed by atoms with Crippen LogP contribution >= 0.6 is 0 Å². The van der Waals surface area contributed by atoms with Crippen LogP contribution in [0.3, 0.4) is 0 Å². The molecule has 6 heteroatoms. The fourth-order valence-corrected chi connectivity index (χ4v) is 7.14. The highest BCUT2D eigenvalue weighted by Crippen LogP contribution is 2.13. The summed E-state index contributed by atoms with van der Waals surface area (Å²) in [5.74, 6) is -0.992. The summed E-state index contributed by atoms with van der Waals surface area (Å²) in [5, 5.41) is 0. The zero-order valence-electron chi connectivity index (χ0n) is 42.2. The Labute approximate surface area is 400 Å². The minimum atomic E-state index is -0.815. The summed E-state index contributed by atoms with van der Waals surface area (Å²) < 4.78 is 16.7. The molecule has 0 bridgehead atoms. The smallest absolute Gasteiger partial charge is 0.306 e. The second-order valence-corrected chi connectivity index (χ2v) is 17.5. The van der Waals surface area contributed by atoms with Crippen molar-refractivity contribution in [3.05, 3.63) is 97.2 Å². The zero-order chi connectivity index (χ0) is 47.2. The molecule has 0 aromatic carbocycles. The van der Waals surface area contributed by atoms with E-state index in [9.17, 15) is 14.4 Å². The Morgan fingerprint density at radius 2 is 0.600 bits per heavy atom. The fourth-order valence-electron chi connectivity index (χ4n) is 7.14. The molecule has 0 aromatic heterocycles. The van der Waals surface area contributed by atoms with Crippen molar-refractivity contribution in [2.75, 3.05) is 13.2 Å². The summed E-state index contributed by atoms with van der Waals surface area (Å²) >= 11 is 0. The van der Waals surface area contributed by atoms with Gasteiger partial charge in [0.15, 0.2) is 6.10 Å². The van der Waals surface area contributed by atoms with Gasteiger partial charge in [0.05, 0.1) is 0 Å². The molecule has 0 aliphatic heterocycles. The minimum Gasteiger partial charge on any atom is -0.462 e. The van der Waals surface area contributed by atoms with Gasteiger partial charge in [0.1, 0.15) is 13.2 Å². The molecule has 0 aromatic rings. The summed E-state index contributed by atoms with van der Waals surface area (Å²) in [7, 11) is 0. The van der Waals surface area contributed by atoms with Gasteiger partial charge in [0.2, 0.25) is 0 Å². The molecule has 0 aliphatic carbocycles. The number of hydrogen-bond donors (Lipinski definition) is 0. The quantitative estimate of drug-likeness (QED) is 0.0262. The van der Waals surface area contributed by atoms with E-state index < -0.39 is 6.10 Å². The van der Waals surface area contributed by atoms with E-state index in [1.54, 1.807) is 0 Å². The molecular weight excluding hydrogens is 805 g/mol. The van der Waals surface area contributed by atoms with E-state index >= 15 is 0 Å². The van der Waals surface area contributed by atoms with Crippen molar-refractivity contribution in [1.82, 2.24) is 0 Å². The third-order valence-electron chi connectivity index (χ3n) is 11.2. The number of carbonyl (C=O) groups is 3. The Bertz CT molecular complexity index is 1310. The Morgan fingerprint density at radius 3 is 0.969 bits per heavy atom. The standard InChI is InChI=1S/C59H98O6/c1-4-7-10-13-16-19-22-25-27-29-30-32-34-37-40-43-46-49-52-58(61)64-55-56(54-63-57(60)51-48-45-42-39-36-33-24-21-18-15-12-9-6-3)65-59(62)53-50-47-44-41-38-35-31-28-26-23-20-17-14-11-8-5-2/h9,12,15,18,21,24,27-33,35-36,38,56H,4-8,10-11,13-14,16-17,19-20,22-23,25-26,34,37,39-55H2,1-3H3/b12-9-,18-15-,24-21-,29-27-,31-28-,32-30-,36-33-,38-35-. The Morgan fingerprint density at radius 1 is 0.323 bits per heavy atom. The first-order valence-corrected chi connectivity index (χ1v) is 26.8. The maximum Gasteiger partial charge on any atom is 0.306 e. The SMILES string of the molecule is CC\C=C/C=C\C=C/C=C\CCCCCC(=O)OCC(COC(=O)CCCCCCC/C=C\C=C/CCCCCCCCC)OC(=O)CCCCC/C=C\C=C/CCCCCCCCC. The third-order valence-corrected chi connectivity index (χ3v) is 11.2. The van der Waals surface area contributed by atoms with Gasteiger partial charge in [-0.1, -0.05) is 227 Å². The second kappa shape index (κ2) is 52.9. The van der Waals surface area contributed by atoms with Gasteiger partial charge in [0.25, 0.3) is 0 Å². The van der Waals surface area contributed by atoms with Crippen LogP contribution in [0.25, 0.3) is 0 Å². The molecule has 0 amide bonds. The maximum atomic E-state index is 12.8. The van der Waals surface area contributed by atoms with Gasteiger partial charge < -0.3 is 14.2 Å². The topological polar surface area (TPSA) is 78.9 Å². The number of allylic oxidation sites excluding steroid dienone is 16. The number of carbonyl (C=O) groups excluding carboxylic acids is 3. The lowest BCUT2D eigenvalue weighted by atomic mass is 10.1. The van der Waals surface area contributed by atoms with E-state index in [2.05, 4.69) is 81.5 Å². The predicted octanol–water partition coefficient (Wildman–Crippen LogP) is 17.8. The highest BCUT2D eigenvalue weighted by atomic mass is 16.6. The molecule has 0 saturated heterocycles. The Balaban J connectivity index is 4.50.